The van der Waals surface area contributed by atoms with Gasteiger partial charge < -0.3 is 15.7 Å². The van der Waals surface area contributed by atoms with E-state index in [2.05, 4.69) is 20.8 Å². The number of β-amino-alcohol motifs (C(OH)–C–C–N with tert-alkyl or cyclic N) is 1. The number of halogens is 1. The molecule has 1 amide bonds. The first-order valence-corrected chi connectivity index (χ1v) is 6.53. The topological polar surface area (TPSA) is 90.0 Å². The molecule has 4 N–H and O–H groups in total. The third-order valence-electron chi connectivity index (χ3n) is 3.46. The molecular weight excluding hydrogens is 292 g/mol. The van der Waals surface area contributed by atoms with Crippen molar-refractivity contribution in [1.29, 1.82) is 0 Å². The van der Waals surface area contributed by atoms with Gasteiger partial charge in [-0.15, -0.1) is 12.4 Å². The van der Waals surface area contributed by atoms with Crippen LogP contribution in [0.5, 0.6) is 0 Å². The lowest BCUT2D eigenvalue weighted by atomic mass is 10.1. The van der Waals surface area contributed by atoms with E-state index in [1.165, 1.54) is 0 Å². The largest absolute Gasteiger partial charge is 0.390 e. The van der Waals surface area contributed by atoms with E-state index in [9.17, 15) is 9.90 Å². The number of carbonyl (C=O) groups is 1. The van der Waals surface area contributed by atoms with Crippen molar-refractivity contribution in [3.05, 3.63) is 42.1 Å². The normalized spacial score (nSPS) is 20.8. The van der Waals surface area contributed by atoms with Crippen molar-refractivity contribution >= 4 is 18.3 Å². The number of H-pyrrole nitrogens is 1. The third kappa shape index (κ3) is 3.41. The lowest BCUT2D eigenvalue weighted by molar-refractivity contribution is 0.0888. The van der Waals surface area contributed by atoms with Crippen LogP contribution in [-0.2, 0) is 0 Å². The van der Waals surface area contributed by atoms with Gasteiger partial charge in [0.1, 0.15) is 0 Å². The van der Waals surface area contributed by atoms with E-state index < -0.39 is 6.10 Å². The molecule has 1 aromatic heterocycles. The summed E-state index contributed by atoms with van der Waals surface area (Å²) in [7, 11) is 0. The Kier molecular flexibility index (Phi) is 4.95. The number of nitrogens with zero attached hydrogens (tertiary/aromatic N) is 1. The molecule has 1 saturated heterocycles. The Morgan fingerprint density at radius 3 is 2.57 bits per heavy atom. The van der Waals surface area contributed by atoms with Crippen LogP contribution in [0.4, 0.5) is 0 Å². The highest BCUT2D eigenvalue weighted by atomic mass is 35.5. The highest BCUT2D eigenvalue weighted by molar-refractivity contribution is 5.94. The second kappa shape index (κ2) is 6.71. The van der Waals surface area contributed by atoms with Gasteiger partial charge in [-0.05, 0) is 23.8 Å². The number of nitrogens with one attached hydrogen (secondary N) is 3. The fourth-order valence-corrected chi connectivity index (χ4v) is 2.28. The molecule has 7 heteroatoms. The number of hydrogen-bond acceptors (Lipinski definition) is 4. The summed E-state index contributed by atoms with van der Waals surface area (Å²) in [5.74, 6) is -0.172. The predicted molar refractivity (Wildman–Crippen MR) is 81.4 cm³/mol. The first-order chi connectivity index (χ1) is 9.74. The lowest BCUT2D eigenvalue weighted by Gasteiger charge is -2.15. The molecule has 0 aliphatic carbocycles. The number of aromatic nitrogens is 2. The van der Waals surface area contributed by atoms with E-state index in [1.807, 2.05) is 18.2 Å². The summed E-state index contributed by atoms with van der Waals surface area (Å²) in [4.78, 5) is 12.1. The summed E-state index contributed by atoms with van der Waals surface area (Å²) in [5.41, 5.74) is 2.46. The maximum absolute atomic E-state index is 12.1. The molecule has 112 valence electrons. The predicted octanol–water partition coefficient (Wildman–Crippen LogP) is 0.561. The summed E-state index contributed by atoms with van der Waals surface area (Å²) >= 11 is 0. The van der Waals surface area contributed by atoms with Crippen LogP contribution in [0.2, 0.25) is 0 Å². The maximum Gasteiger partial charge on any atom is 0.251 e. The summed E-state index contributed by atoms with van der Waals surface area (Å²) < 4.78 is 0. The van der Waals surface area contributed by atoms with E-state index in [4.69, 9.17) is 0 Å². The fourth-order valence-electron chi connectivity index (χ4n) is 2.28. The van der Waals surface area contributed by atoms with Crippen LogP contribution in [-0.4, -0.2) is 46.4 Å². The van der Waals surface area contributed by atoms with Crippen molar-refractivity contribution in [3.8, 4) is 11.3 Å². The van der Waals surface area contributed by atoms with Gasteiger partial charge in [0.05, 0.1) is 17.8 Å². The van der Waals surface area contributed by atoms with Crippen molar-refractivity contribution in [2.75, 3.05) is 13.1 Å². The van der Waals surface area contributed by atoms with Gasteiger partial charge in [-0.1, -0.05) is 12.1 Å². The minimum Gasteiger partial charge on any atom is -0.390 e. The van der Waals surface area contributed by atoms with Crippen LogP contribution in [0.3, 0.4) is 0 Å². The fraction of sp³-hybridized carbons (Fsp3) is 0.286. The second-order valence-electron chi connectivity index (χ2n) is 4.85. The minimum atomic E-state index is -0.525. The van der Waals surface area contributed by atoms with Crippen LogP contribution < -0.4 is 10.6 Å². The van der Waals surface area contributed by atoms with Gasteiger partial charge >= 0.3 is 0 Å². The Bertz CT molecular complexity index is 586. The van der Waals surface area contributed by atoms with Gasteiger partial charge in [-0.2, -0.15) is 5.10 Å². The van der Waals surface area contributed by atoms with E-state index in [-0.39, 0.29) is 24.4 Å². The number of hydrogen-bond donors (Lipinski definition) is 4. The number of carbonyl (C=O) groups excluding carboxylic acids is 1. The molecule has 1 fully saturated rings. The Morgan fingerprint density at radius 1 is 1.24 bits per heavy atom. The molecule has 1 aromatic carbocycles. The number of rotatable bonds is 3. The van der Waals surface area contributed by atoms with Crippen LogP contribution >= 0.6 is 12.4 Å². The van der Waals surface area contributed by atoms with Crippen molar-refractivity contribution in [2.24, 2.45) is 0 Å². The number of aliphatic hydroxyl groups excluding tert-OH is 1. The highest BCUT2D eigenvalue weighted by Crippen LogP contribution is 2.16. The molecule has 3 rings (SSSR count). The summed E-state index contributed by atoms with van der Waals surface area (Å²) in [6.45, 7) is 1.11. The molecular formula is C14H17ClN4O2. The average molecular weight is 309 g/mol. The summed E-state index contributed by atoms with van der Waals surface area (Å²) in [6, 6.07) is 8.91. The Hall–Kier alpha value is -1.89. The molecule has 0 bridgehead atoms. The SMILES string of the molecule is Cl.O=C(N[C@@H]1CNC[C@H]1O)c1ccc(-c2ccn[nH]2)cc1. The van der Waals surface area contributed by atoms with Crippen LogP contribution in [0.15, 0.2) is 36.5 Å². The Morgan fingerprint density at radius 2 is 2.00 bits per heavy atom. The average Bonchev–Trinajstić information content (AvgIpc) is 3.12. The molecule has 1 aliphatic rings. The van der Waals surface area contributed by atoms with Crippen molar-refractivity contribution < 1.29 is 9.90 Å². The van der Waals surface area contributed by atoms with Crippen molar-refractivity contribution in [1.82, 2.24) is 20.8 Å². The number of benzene rings is 1. The molecule has 0 saturated carbocycles. The quantitative estimate of drug-likeness (QED) is 0.667. The van der Waals surface area contributed by atoms with Gasteiger partial charge in [-0.25, -0.2) is 0 Å². The number of aromatic amines is 1. The van der Waals surface area contributed by atoms with E-state index >= 15 is 0 Å². The second-order valence-corrected chi connectivity index (χ2v) is 4.85. The summed E-state index contributed by atoms with van der Waals surface area (Å²) in [5, 5.41) is 22.3. The van der Waals surface area contributed by atoms with Gasteiger partial charge in [-0.3, -0.25) is 9.89 Å². The molecule has 0 spiro atoms. The van der Waals surface area contributed by atoms with Gasteiger partial charge in [0.15, 0.2) is 0 Å². The molecule has 21 heavy (non-hydrogen) atoms. The molecule has 2 atom stereocenters. The zero-order chi connectivity index (χ0) is 13.9. The van der Waals surface area contributed by atoms with Gasteiger partial charge in [0.25, 0.3) is 5.91 Å². The van der Waals surface area contributed by atoms with E-state index in [1.54, 1.807) is 18.3 Å². The van der Waals surface area contributed by atoms with Crippen molar-refractivity contribution in [3.63, 3.8) is 0 Å². The van der Waals surface area contributed by atoms with Gasteiger partial charge in [0, 0.05) is 24.8 Å². The number of amides is 1. The number of aliphatic hydroxyl groups is 1. The molecule has 1 aliphatic heterocycles. The van der Waals surface area contributed by atoms with E-state index in [0.29, 0.717) is 18.7 Å². The zero-order valence-electron chi connectivity index (χ0n) is 11.2. The molecule has 6 nitrogen and oxygen atoms in total. The summed E-state index contributed by atoms with van der Waals surface area (Å²) in [6.07, 6.45) is 1.16. The van der Waals surface area contributed by atoms with Crippen LogP contribution in [0, 0.1) is 0 Å². The van der Waals surface area contributed by atoms with Gasteiger partial charge in [0.2, 0.25) is 0 Å². The molecule has 2 heterocycles. The van der Waals surface area contributed by atoms with E-state index in [0.717, 1.165) is 11.3 Å². The highest BCUT2D eigenvalue weighted by Gasteiger charge is 2.26. The molecule has 2 aromatic rings. The van der Waals surface area contributed by atoms with Crippen LogP contribution in [0.25, 0.3) is 11.3 Å². The smallest absolute Gasteiger partial charge is 0.251 e. The minimum absolute atomic E-state index is 0. The standard InChI is InChI=1S/C14H16N4O2.ClH/c19-13-8-15-7-12(13)17-14(20)10-3-1-9(2-4-10)11-5-6-16-18-11;/h1-6,12-13,15,19H,7-8H2,(H,16,18)(H,17,20);1H/t12-,13-;/m1./s1. The zero-order valence-corrected chi connectivity index (χ0v) is 12.1. The Balaban J connectivity index is 0.00000161. The van der Waals surface area contributed by atoms with Crippen LogP contribution in [0.1, 0.15) is 10.4 Å². The monoisotopic (exact) mass is 308 g/mol. The third-order valence-corrected chi connectivity index (χ3v) is 3.46. The molecule has 0 unspecified atom stereocenters. The Labute approximate surface area is 128 Å². The maximum atomic E-state index is 12.1. The first kappa shape index (κ1) is 15.5. The lowest BCUT2D eigenvalue weighted by Crippen LogP contribution is -2.42. The molecule has 0 radical (unpaired) electrons. The first-order valence-electron chi connectivity index (χ1n) is 6.53. The van der Waals surface area contributed by atoms with Crippen molar-refractivity contribution in [2.45, 2.75) is 12.1 Å².